The number of pyridine rings is 1. The molecule has 0 saturated heterocycles. The second-order valence-electron chi connectivity index (χ2n) is 4.11. The Morgan fingerprint density at radius 3 is 2.74 bits per heavy atom. The van der Waals surface area contributed by atoms with Crippen LogP contribution in [0.1, 0.15) is 18.2 Å². The predicted octanol–water partition coefficient (Wildman–Crippen LogP) is 3.12. The zero-order chi connectivity index (χ0) is 13.7. The lowest BCUT2D eigenvalue weighted by atomic mass is 10.2. The molecule has 1 aromatic heterocycles. The number of rotatable bonds is 4. The van der Waals surface area contributed by atoms with E-state index in [1.54, 1.807) is 18.3 Å². The van der Waals surface area contributed by atoms with Crippen LogP contribution in [0.2, 0.25) is 0 Å². The zero-order valence-electron chi connectivity index (χ0n) is 10.7. The fraction of sp³-hybridized carbons (Fsp3) is 0.200. The van der Waals surface area contributed by atoms with Crippen LogP contribution < -0.4 is 4.90 Å². The van der Waals surface area contributed by atoms with Crippen LogP contribution >= 0.6 is 0 Å². The Bertz CT molecular complexity index is 590. The molecule has 2 aromatic rings. The largest absolute Gasteiger partial charge is 0.364 e. The van der Waals surface area contributed by atoms with Crippen molar-refractivity contribution in [3.63, 3.8) is 0 Å². The van der Waals surface area contributed by atoms with E-state index < -0.39 is 0 Å². The Kier molecular flexibility index (Phi) is 4.09. The highest BCUT2D eigenvalue weighted by molar-refractivity contribution is 5.51. The molecule has 96 valence electrons. The number of nitriles is 1. The van der Waals surface area contributed by atoms with Crippen LogP contribution in [0.3, 0.4) is 0 Å². The van der Waals surface area contributed by atoms with Gasteiger partial charge in [0, 0.05) is 12.7 Å². The highest BCUT2D eigenvalue weighted by Gasteiger charge is 2.11. The minimum atomic E-state index is -0.378. The van der Waals surface area contributed by atoms with Gasteiger partial charge in [-0.1, -0.05) is 6.07 Å². The quantitative estimate of drug-likeness (QED) is 0.842. The van der Waals surface area contributed by atoms with Crippen molar-refractivity contribution >= 4 is 5.69 Å². The van der Waals surface area contributed by atoms with Gasteiger partial charge in [-0.05, 0) is 37.3 Å². The molecule has 0 bridgehead atoms. The first-order valence-electron chi connectivity index (χ1n) is 6.09. The molecule has 2 rings (SSSR count). The van der Waals surface area contributed by atoms with Crippen molar-refractivity contribution in [1.82, 2.24) is 4.98 Å². The van der Waals surface area contributed by atoms with Gasteiger partial charge in [0.05, 0.1) is 29.6 Å². The summed E-state index contributed by atoms with van der Waals surface area (Å²) in [5.41, 5.74) is 1.70. The third-order valence-electron chi connectivity index (χ3n) is 2.88. The van der Waals surface area contributed by atoms with Gasteiger partial charge in [0.2, 0.25) is 0 Å². The maximum absolute atomic E-state index is 14.0. The van der Waals surface area contributed by atoms with Crippen LogP contribution in [0.5, 0.6) is 0 Å². The number of aromatic nitrogens is 1. The second kappa shape index (κ2) is 5.96. The van der Waals surface area contributed by atoms with E-state index in [-0.39, 0.29) is 5.82 Å². The van der Waals surface area contributed by atoms with E-state index in [0.29, 0.717) is 24.3 Å². The monoisotopic (exact) mass is 255 g/mol. The fourth-order valence-corrected chi connectivity index (χ4v) is 1.89. The van der Waals surface area contributed by atoms with E-state index in [4.69, 9.17) is 5.26 Å². The first kappa shape index (κ1) is 13.0. The van der Waals surface area contributed by atoms with Crippen molar-refractivity contribution in [2.45, 2.75) is 13.5 Å². The lowest BCUT2D eigenvalue weighted by Gasteiger charge is -2.23. The third-order valence-corrected chi connectivity index (χ3v) is 2.88. The summed E-state index contributed by atoms with van der Waals surface area (Å²) in [6, 6.07) is 12.1. The van der Waals surface area contributed by atoms with Gasteiger partial charge in [-0.3, -0.25) is 4.98 Å². The van der Waals surface area contributed by atoms with Gasteiger partial charge < -0.3 is 4.90 Å². The number of hydrogen-bond acceptors (Lipinski definition) is 3. The Balaban J connectivity index is 2.25. The molecule has 0 unspecified atom stereocenters. The summed E-state index contributed by atoms with van der Waals surface area (Å²) in [6.45, 7) is 3.17. The lowest BCUT2D eigenvalue weighted by molar-refractivity contribution is 0.616. The van der Waals surface area contributed by atoms with Crippen LogP contribution in [-0.4, -0.2) is 11.5 Å². The van der Waals surface area contributed by atoms with Crippen LogP contribution in [0, 0.1) is 17.1 Å². The maximum Gasteiger partial charge on any atom is 0.147 e. The van der Waals surface area contributed by atoms with Crippen LogP contribution in [0.15, 0.2) is 42.6 Å². The number of hydrogen-bond donors (Lipinski definition) is 0. The molecule has 4 heteroatoms. The summed E-state index contributed by atoms with van der Waals surface area (Å²) in [5.74, 6) is -0.378. The van der Waals surface area contributed by atoms with E-state index in [0.717, 1.165) is 5.69 Å². The van der Waals surface area contributed by atoms with E-state index in [9.17, 15) is 4.39 Å². The van der Waals surface area contributed by atoms with Crippen LogP contribution in [0.25, 0.3) is 0 Å². The van der Waals surface area contributed by atoms with E-state index >= 15 is 0 Å². The van der Waals surface area contributed by atoms with Crippen molar-refractivity contribution in [2.75, 3.05) is 11.4 Å². The molecule has 0 saturated carbocycles. The van der Waals surface area contributed by atoms with E-state index in [1.807, 2.05) is 36.1 Å². The molecule has 0 fully saturated rings. The van der Waals surface area contributed by atoms with Gasteiger partial charge in [-0.2, -0.15) is 5.26 Å². The molecule has 0 atom stereocenters. The Morgan fingerprint density at radius 2 is 2.16 bits per heavy atom. The molecule has 0 spiro atoms. The molecule has 1 aromatic carbocycles. The van der Waals surface area contributed by atoms with Gasteiger partial charge in [0.15, 0.2) is 0 Å². The molecule has 0 amide bonds. The van der Waals surface area contributed by atoms with E-state index in [1.165, 1.54) is 6.07 Å². The minimum Gasteiger partial charge on any atom is -0.364 e. The molecule has 0 N–H and O–H groups in total. The highest BCUT2D eigenvalue weighted by Crippen LogP contribution is 2.21. The minimum absolute atomic E-state index is 0.329. The normalized spacial score (nSPS) is 9.95. The van der Waals surface area contributed by atoms with Crippen LogP contribution in [0.4, 0.5) is 10.1 Å². The molecular formula is C15H14FN3. The third kappa shape index (κ3) is 3.08. The average Bonchev–Trinajstić information content (AvgIpc) is 2.46. The number of halogens is 1. The summed E-state index contributed by atoms with van der Waals surface area (Å²) in [5, 5.41) is 8.74. The maximum atomic E-state index is 14.0. The molecule has 3 nitrogen and oxygen atoms in total. The lowest BCUT2D eigenvalue weighted by Crippen LogP contribution is -2.23. The van der Waals surface area contributed by atoms with E-state index in [2.05, 4.69) is 4.98 Å². The van der Waals surface area contributed by atoms with Crippen molar-refractivity contribution in [2.24, 2.45) is 0 Å². The Hall–Kier alpha value is -2.41. The molecule has 0 aliphatic rings. The molecule has 0 aliphatic carbocycles. The standard InChI is InChI=1S/C15H14FN3/c1-2-19(11-13-5-3-4-8-18-13)15-7-6-12(10-17)9-14(15)16/h3-9H,2,11H2,1H3. The smallest absolute Gasteiger partial charge is 0.147 e. The first-order valence-corrected chi connectivity index (χ1v) is 6.09. The van der Waals surface area contributed by atoms with Crippen molar-refractivity contribution < 1.29 is 4.39 Å². The summed E-state index contributed by atoms with van der Waals surface area (Å²) in [7, 11) is 0. The average molecular weight is 255 g/mol. The first-order chi connectivity index (χ1) is 9.24. The number of benzene rings is 1. The summed E-state index contributed by atoms with van der Waals surface area (Å²) < 4.78 is 14.0. The van der Waals surface area contributed by atoms with Crippen molar-refractivity contribution in [3.05, 3.63) is 59.7 Å². The predicted molar refractivity (Wildman–Crippen MR) is 72.1 cm³/mol. The second-order valence-corrected chi connectivity index (χ2v) is 4.11. The van der Waals surface area contributed by atoms with Crippen molar-refractivity contribution in [1.29, 1.82) is 5.26 Å². The number of anilines is 1. The summed E-state index contributed by atoms with van der Waals surface area (Å²) >= 11 is 0. The number of nitrogens with zero attached hydrogens (tertiary/aromatic N) is 3. The molecule has 0 radical (unpaired) electrons. The Morgan fingerprint density at radius 1 is 1.32 bits per heavy atom. The summed E-state index contributed by atoms with van der Waals surface area (Å²) in [4.78, 5) is 6.13. The van der Waals surface area contributed by atoms with Gasteiger partial charge >= 0.3 is 0 Å². The van der Waals surface area contributed by atoms with Gasteiger partial charge in [0.1, 0.15) is 5.82 Å². The topological polar surface area (TPSA) is 39.9 Å². The molecule has 1 heterocycles. The Labute approximate surface area is 111 Å². The molecular weight excluding hydrogens is 241 g/mol. The highest BCUT2D eigenvalue weighted by atomic mass is 19.1. The summed E-state index contributed by atoms with van der Waals surface area (Å²) in [6.07, 6.45) is 1.72. The van der Waals surface area contributed by atoms with Gasteiger partial charge in [-0.15, -0.1) is 0 Å². The molecule has 19 heavy (non-hydrogen) atoms. The van der Waals surface area contributed by atoms with Gasteiger partial charge in [0.25, 0.3) is 0 Å². The van der Waals surface area contributed by atoms with Crippen molar-refractivity contribution in [3.8, 4) is 6.07 Å². The zero-order valence-corrected chi connectivity index (χ0v) is 10.7. The molecule has 0 aliphatic heterocycles. The van der Waals surface area contributed by atoms with Gasteiger partial charge in [-0.25, -0.2) is 4.39 Å². The SMILES string of the molecule is CCN(Cc1ccccn1)c1ccc(C#N)cc1F. The van der Waals surface area contributed by atoms with Crippen LogP contribution in [-0.2, 0) is 6.54 Å². The fourth-order valence-electron chi connectivity index (χ4n) is 1.89.